The van der Waals surface area contributed by atoms with Crippen molar-refractivity contribution in [2.24, 2.45) is 0 Å². The molecule has 0 spiro atoms. The molecule has 92 valence electrons. The minimum Gasteiger partial charge on any atom is -0.479 e. The zero-order valence-electron chi connectivity index (χ0n) is 9.80. The van der Waals surface area contributed by atoms with E-state index in [4.69, 9.17) is 4.74 Å². The van der Waals surface area contributed by atoms with Gasteiger partial charge in [-0.05, 0) is 34.8 Å². The Kier molecular flexibility index (Phi) is 2.95. The molecular formula is C12H11BrN4O. The molecule has 0 amide bonds. The molecule has 0 unspecified atom stereocenters. The number of halogens is 1. The minimum atomic E-state index is 0.477. The third kappa shape index (κ3) is 2.20. The summed E-state index contributed by atoms with van der Waals surface area (Å²) in [5.41, 5.74) is 1.38. The molecule has 1 aliphatic carbocycles. The highest BCUT2D eigenvalue weighted by atomic mass is 79.9. The summed E-state index contributed by atoms with van der Waals surface area (Å²) in [6.45, 7) is 0. The van der Waals surface area contributed by atoms with Crippen LogP contribution in [0, 0.1) is 0 Å². The fraction of sp³-hybridized carbons (Fsp3) is 0.333. The molecule has 1 fully saturated rings. The lowest BCUT2D eigenvalue weighted by molar-refractivity contribution is 0.397. The van der Waals surface area contributed by atoms with Crippen molar-refractivity contribution in [1.82, 2.24) is 19.9 Å². The van der Waals surface area contributed by atoms with Crippen LogP contribution in [0.4, 0.5) is 0 Å². The summed E-state index contributed by atoms with van der Waals surface area (Å²) in [6.07, 6.45) is 5.55. The molecule has 0 bridgehead atoms. The van der Waals surface area contributed by atoms with Gasteiger partial charge in [-0.2, -0.15) is 0 Å². The number of ether oxygens (including phenoxy) is 1. The van der Waals surface area contributed by atoms with Crippen molar-refractivity contribution < 1.29 is 4.74 Å². The molecule has 0 aliphatic heterocycles. The highest BCUT2D eigenvalue weighted by Crippen LogP contribution is 2.39. The van der Waals surface area contributed by atoms with Crippen molar-refractivity contribution >= 4 is 15.9 Å². The van der Waals surface area contributed by atoms with Gasteiger partial charge in [-0.1, -0.05) is 0 Å². The van der Waals surface area contributed by atoms with Gasteiger partial charge in [0.1, 0.15) is 10.4 Å². The van der Waals surface area contributed by atoms with Crippen LogP contribution in [0.5, 0.6) is 5.88 Å². The Labute approximate surface area is 113 Å². The van der Waals surface area contributed by atoms with Gasteiger partial charge >= 0.3 is 0 Å². The fourth-order valence-corrected chi connectivity index (χ4v) is 2.13. The minimum absolute atomic E-state index is 0.477. The van der Waals surface area contributed by atoms with Crippen LogP contribution < -0.4 is 4.74 Å². The molecule has 0 radical (unpaired) electrons. The Morgan fingerprint density at radius 2 is 2.00 bits per heavy atom. The van der Waals surface area contributed by atoms with E-state index in [1.54, 1.807) is 19.5 Å². The van der Waals surface area contributed by atoms with E-state index in [1.807, 2.05) is 6.07 Å². The smallest absolute Gasteiger partial charge is 0.241 e. The topological polar surface area (TPSA) is 60.8 Å². The number of hydrogen-bond donors (Lipinski definition) is 0. The maximum atomic E-state index is 5.21. The molecule has 0 aromatic carbocycles. The van der Waals surface area contributed by atoms with E-state index >= 15 is 0 Å². The first-order chi connectivity index (χ1) is 8.78. The molecule has 18 heavy (non-hydrogen) atoms. The summed E-state index contributed by atoms with van der Waals surface area (Å²) in [4.78, 5) is 17.4. The van der Waals surface area contributed by atoms with E-state index in [0.29, 0.717) is 17.5 Å². The van der Waals surface area contributed by atoms with Gasteiger partial charge in [-0.3, -0.25) is 0 Å². The van der Waals surface area contributed by atoms with Gasteiger partial charge in [-0.15, -0.1) is 0 Å². The molecule has 0 atom stereocenters. The normalized spacial score (nSPS) is 14.6. The van der Waals surface area contributed by atoms with Gasteiger partial charge < -0.3 is 4.74 Å². The third-order valence-electron chi connectivity index (χ3n) is 2.76. The largest absolute Gasteiger partial charge is 0.479 e. The number of aromatic nitrogens is 4. The second-order valence-electron chi connectivity index (χ2n) is 4.12. The average Bonchev–Trinajstić information content (AvgIpc) is 3.22. The van der Waals surface area contributed by atoms with Crippen LogP contribution in [0.3, 0.4) is 0 Å². The average molecular weight is 307 g/mol. The molecule has 5 nitrogen and oxygen atoms in total. The highest BCUT2D eigenvalue weighted by molar-refractivity contribution is 9.10. The van der Waals surface area contributed by atoms with Crippen LogP contribution in [0.1, 0.15) is 24.6 Å². The molecular weight excluding hydrogens is 296 g/mol. The quantitative estimate of drug-likeness (QED) is 0.816. The van der Waals surface area contributed by atoms with Crippen molar-refractivity contribution in [3.05, 3.63) is 28.9 Å². The lowest BCUT2D eigenvalue weighted by Gasteiger charge is -2.07. The molecule has 2 aromatic rings. The first-order valence-corrected chi connectivity index (χ1v) is 6.47. The lowest BCUT2D eigenvalue weighted by Crippen LogP contribution is -1.99. The first kappa shape index (κ1) is 11.5. The van der Waals surface area contributed by atoms with Gasteiger partial charge in [0.05, 0.1) is 12.8 Å². The van der Waals surface area contributed by atoms with E-state index in [-0.39, 0.29) is 0 Å². The summed E-state index contributed by atoms with van der Waals surface area (Å²) in [7, 11) is 1.57. The fourth-order valence-electron chi connectivity index (χ4n) is 1.73. The van der Waals surface area contributed by atoms with Crippen molar-refractivity contribution in [1.29, 1.82) is 0 Å². The number of hydrogen-bond acceptors (Lipinski definition) is 5. The maximum absolute atomic E-state index is 5.21. The predicted molar refractivity (Wildman–Crippen MR) is 69.3 cm³/mol. The summed E-state index contributed by atoms with van der Waals surface area (Å²) >= 11 is 3.41. The van der Waals surface area contributed by atoms with Crippen LogP contribution in [0.15, 0.2) is 23.1 Å². The van der Waals surface area contributed by atoms with E-state index in [2.05, 4.69) is 35.9 Å². The van der Waals surface area contributed by atoms with Crippen molar-refractivity contribution in [2.45, 2.75) is 18.8 Å². The standard InChI is InChI=1S/C12H11BrN4O/c1-18-12-10(14-4-5-15-12)8-6-9(13)17-11(16-8)7-2-3-7/h4-7H,2-3H2,1H3. The zero-order valence-corrected chi connectivity index (χ0v) is 11.4. The zero-order chi connectivity index (χ0) is 12.5. The number of rotatable bonds is 3. The number of nitrogens with zero attached hydrogens (tertiary/aromatic N) is 4. The van der Waals surface area contributed by atoms with E-state index in [9.17, 15) is 0 Å². The van der Waals surface area contributed by atoms with Crippen LogP contribution >= 0.6 is 15.9 Å². The van der Waals surface area contributed by atoms with E-state index in [1.165, 1.54) is 0 Å². The van der Waals surface area contributed by atoms with Crippen molar-refractivity contribution in [3.8, 4) is 17.3 Å². The summed E-state index contributed by atoms with van der Waals surface area (Å²) in [5.74, 6) is 1.83. The van der Waals surface area contributed by atoms with Gasteiger partial charge in [-0.25, -0.2) is 19.9 Å². The number of methoxy groups -OCH3 is 1. The first-order valence-electron chi connectivity index (χ1n) is 5.68. The van der Waals surface area contributed by atoms with Gasteiger partial charge in [0.25, 0.3) is 0 Å². The van der Waals surface area contributed by atoms with Gasteiger partial charge in [0, 0.05) is 18.3 Å². The summed E-state index contributed by atoms with van der Waals surface area (Å²) < 4.78 is 5.97. The Hall–Kier alpha value is -1.56. The van der Waals surface area contributed by atoms with Gasteiger partial charge in [0.15, 0.2) is 5.69 Å². The molecule has 0 N–H and O–H groups in total. The third-order valence-corrected chi connectivity index (χ3v) is 3.16. The van der Waals surface area contributed by atoms with Crippen LogP contribution in [-0.2, 0) is 0 Å². The molecule has 1 aliphatic rings. The molecule has 2 heterocycles. The van der Waals surface area contributed by atoms with Crippen LogP contribution in [-0.4, -0.2) is 27.0 Å². The highest BCUT2D eigenvalue weighted by Gasteiger charge is 2.27. The Bertz CT molecular complexity index is 586. The predicted octanol–water partition coefficient (Wildman–Crippen LogP) is 2.58. The van der Waals surface area contributed by atoms with E-state index in [0.717, 1.165) is 29.0 Å². The molecule has 3 rings (SSSR count). The second-order valence-corrected chi connectivity index (χ2v) is 4.94. The van der Waals surface area contributed by atoms with Crippen LogP contribution in [0.2, 0.25) is 0 Å². The summed E-state index contributed by atoms with van der Waals surface area (Å²) in [5, 5.41) is 0. The molecule has 6 heteroatoms. The van der Waals surface area contributed by atoms with Crippen molar-refractivity contribution in [3.63, 3.8) is 0 Å². The Balaban J connectivity index is 2.10. The molecule has 2 aromatic heterocycles. The lowest BCUT2D eigenvalue weighted by atomic mass is 10.3. The second kappa shape index (κ2) is 4.61. The Morgan fingerprint density at radius 1 is 1.22 bits per heavy atom. The van der Waals surface area contributed by atoms with Gasteiger partial charge in [0.2, 0.25) is 5.88 Å². The molecule has 0 saturated heterocycles. The summed E-state index contributed by atoms with van der Waals surface area (Å²) in [6, 6.07) is 1.83. The SMILES string of the molecule is COc1nccnc1-c1cc(Br)nc(C2CC2)n1. The monoisotopic (exact) mass is 306 g/mol. The molecule has 1 saturated carbocycles. The van der Waals surface area contributed by atoms with Crippen molar-refractivity contribution in [2.75, 3.05) is 7.11 Å². The van der Waals surface area contributed by atoms with Crippen LogP contribution in [0.25, 0.3) is 11.4 Å². The Morgan fingerprint density at radius 3 is 2.72 bits per heavy atom. The van der Waals surface area contributed by atoms with E-state index < -0.39 is 0 Å². The maximum Gasteiger partial charge on any atom is 0.241 e.